The Morgan fingerprint density at radius 2 is 1.60 bits per heavy atom. The number of carboxylic acid groups (broad SMARTS) is 1. The Kier molecular flexibility index (Phi) is 14.1. The van der Waals surface area contributed by atoms with Crippen LogP contribution < -0.4 is 25.8 Å². The van der Waals surface area contributed by atoms with E-state index in [1.165, 1.54) is 6.92 Å². The van der Waals surface area contributed by atoms with Gasteiger partial charge in [-0.25, -0.2) is 9.65 Å². The van der Waals surface area contributed by atoms with E-state index in [0.29, 0.717) is 24.3 Å². The molecular formula is C28H39N4O9P. The highest BCUT2D eigenvalue weighted by Gasteiger charge is 2.34. The van der Waals surface area contributed by atoms with Gasteiger partial charge in [-0.05, 0) is 36.1 Å². The van der Waals surface area contributed by atoms with Gasteiger partial charge in [-0.1, -0.05) is 62.7 Å². The zero-order valence-corrected chi connectivity index (χ0v) is 24.8. The summed E-state index contributed by atoms with van der Waals surface area (Å²) in [6.07, 6.45) is 0.448. The van der Waals surface area contributed by atoms with Crippen LogP contribution in [0.15, 0.2) is 54.6 Å². The third kappa shape index (κ3) is 12.4. The van der Waals surface area contributed by atoms with Crippen LogP contribution in [-0.4, -0.2) is 65.5 Å². The fourth-order valence-corrected chi connectivity index (χ4v) is 4.93. The van der Waals surface area contributed by atoms with Crippen molar-refractivity contribution in [3.8, 4) is 5.75 Å². The van der Waals surface area contributed by atoms with Gasteiger partial charge in [0.25, 0.3) is 5.91 Å². The Labute approximate surface area is 245 Å². The van der Waals surface area contributed by atoms with Crippen LogP contribution in [-0.2, 0) is 41.2 Å². The maximum Gasteiger partial charge on any atom is 0.403 e. The first-order chi connectivity index (χ1) is 19.9. The van der Waals surface area contributed by atoms with Crippen LogP contribution in [0.2, 0.25) is 0 Å². The maximum absolute atomic E-state index is 13.2. The summed E-state index contributed by atoms with van der Waals surface area (Å²) in [6.45, 7) is 4.47. The molecule has 6 N–H and O–H groups in total. The number of benzene rings is 2. The third-order valence-corrected chi connectivity index (χ3v) is 7.43. The minimum absolute atomic E-state index is 0.0233. The minimum atomic E-state index is -4.30. The molecule has 0 aliphatic heterocycles. The molecule has 13 nitrogen and oxygen atoms in total. The van der Waals surface area contributed by atoms with Crippen LogP contribution in [0, 0.1) is 5.92 Å². The lowest BCUT2D eigenvalue weighted by molar-refractivity contribution is -0.138. The summed E-state index contributed by atoms with van der Waals surface area (Å²) in [4.78, 5) is 59.2. The Morgan fingerprint density at radius 3 is 2.19 bits per heavy atom. The number of aliphatic carboxylic acids is 1. The summed E-state index contributed by atoms with van der Waals surface area (Å²) in [6, 6.07) is 13.5. The van der Waals surface area contributed by atoms with E-state index in [-0.39, 0.29) is 25.5 Å². The van der Waals surface area contributed by atoms with Gasteiger partial charge < -0.3 is 30.7 Å². The number of nitrogens with one attached hydrogen (secondary N) is 4. The predicted molar refractivity (Wildman–Crippen MR) is 154 cm³/mol. The molecule has 2 aromatic carbocycles. The highest BCUT2D eigenvalue weighted by molar-refractivity contribution is 7.50. The van der Waals surface area contributed by atoms with Crippen LogP contribution >= 0.6 is 7.75 Å². The van der Waals surface area contributed by atoms with Gasteiger partial charge in [0.15, 0.2) is 6.61 Å². The standard InChI is InChI=1S/C28H39N4O9P/c1-4-19(3)26(32-42(38,39)41-5-2)28(37)31-23(27(36)30-17-25(34)35)15-20-11-13-22(14-12-20)40-18-24(33)29-16-21-9-7-6-8-10-21/h6-14,19,23,26H,4-5,15-18H2,1-3H3,(H,29,33)(H,30,36)(H,31,37)(H,34,35)(H2,32,38,39)/t19-,23-,26-/m0/s1. The number of rotatable bonds is 18. The first kappa shape index (κ1) is 34.4. The van der Waals surface area contributed by atoms with E-state index in [2.05, 4.69) is 21.0 Å². The number of hydrogen-bond acceptors (Lipinski definition) is 7. The van der Waals surface area contributed by atoms with Crippen LogP contribution in [0.25, 0.3) is 0 Å². The quantitative estimate of drug-likeness (QED) is 0.136. The van der Waals surface area contributed by atoms with E-state index in [9.17, 15) is 28.6 Å². The van der Waals surface area contributed by atoms with E-state index in [4.69, 9.17) is 14.4 Å². The van der Waals surface area contributed by atoms with Gasteiger partial charge in [-0.3, -0.25) is 23.7 Å². The Morgan fingerprint density at radius 1 is 0.929 bits per heavy atom. The highest BCUT2D eigenvalue weighted by Crippen LogP contribution is 2.38. The van der Waals surface area contributed by atoms with E-state index in [0.717, 1.165) is 5.56 Å². The van der Waals surface area contributed by atoms with Gasteiger partial charge in [0.2, 0.25) is 11.8 Å². The molecule has 0 saturated heterocycles. The van der Waals surface area contributed by atoms with Gasteiger partial charge in [-0.2, -0.15) is 0 Å². The second kappa shape index (κ2) is 17.2. The largest absolute Gasteiger partial charge is 0.484 e. The number of ether oxygens (including phenoxy) is 1. The zero-order valence-electron chi connectivity index (χ0n) is 23.9. The average Bonchev–Trinajstić information content (AvgIpc) is 2.96. The molecule has 0 heterocycles. The molecule has 0 aliphatic rings. The fraction of sp³-hybridized carbons (Fsp3) is 0.429. The van der Waals surface area contributed by atoms with Gasteiger partial charge in [0.05, 0.1) is 12.6 Å². The van der Waals surface area contributed by atoms with E-state index < -0.39 is 50.1 Å². The summed E-state index contributed by atoms with van der Waals surface area (Å²) in [5.74, 6) is -3.05. The second-order valence-corrected chi connectivity index (χ2v) is 11.1. The van der Waals surface area contributed by atoms with E-state index in [1.807, 2.05) is 30.3 Å². The van der Waals surface area contributed by atoms with Crippen molar-refractivity contribution in [3.05, 3.63) is 65.7 Å². The number of carbonyl (C=O) groups excluding carboxylic acids is 3. The lowest BCUT2D eigenvalue weighted by Gasteiger charge is -2.27. The number of hydrogen-bond donors (Lipinski definition) is 6. The van der Waals surface area contributed by atoms with Crippen LogP contribution in [0.4, 0.5) is 0 Å². The summed E-state index contributed by atoms with van der Waals surface area (Å²) < 4.78 is 22.7. The molecule has 0 saturated carbocycles. The van der Waals surface area contributed by atoms with Gasteiger partial charge in [0, 0.05) is 13.0 Å². The maximum atomic E-state index is 13.2. The van der Waals surface area contributed by atoms with Crippen molar-refractivity contribution in [1.29, 1.82) is 0 Å². The van der Waals surface area contributed by atoms with E-state index >= 15 is 0 Å². The molecule has 0 spiro atoms. The van der Waals surface area contributed by atoms with Crippen molar-refractivity contribution in [2.45, 2.75) is 52.2 Å². The molecule has 2 rings (SSSR count). The van der Waals surface area contributed by atoms with Gasteiger partial charge >= 0.3 is 13.7 Å². The number of carbonyl (C=O) groups is 4. The van der Waals surface area contributed by atoms with Gasteiger partial charge in [-0.15, -0.1) is 0 Å². The molecule has 0 fully saturated rings. The molecule has 1 unspecified atom stereocenters. The predicted octanol–water partition coefficient (Wildman–Crippen LogP) is 1.75. The highest BCUT2D eigenvalue weighted by atomic mass is 31.2. The molecule has 230 valence electrons. The third-order valence-electron chi connectivity index (χ3n) is 6.21. The topological polar surface area (TPSA) is 192 Å². The first-order valence-corrected chi connectivity index (χ1v) is 15.1. The molecule has 0 aliphatic carbocycles. The monoisotopic (exact) mass is 606 g/mol. The van der Waals surface area contributed by atoms with Crippen LogP contribution in [0.5, 0.6) is 5.75 Å². The van der Waals surface area contributed by atoms with Gasteiger partial charge in [0.1, 0.15) is 18.3 Å². The Balaban J connectivity index is 2.07. The summed E-state index contributed by atoms with van der Waals surface area (Å²) >= 11 is 0. The van der Waals surface area contributed by atoms with Crippen molar-refractivity contribution < 1.29 is 43.0 Å². The molecule has 4 atom stereocenters. The van der Waals surface area contributed by atoms with Crippen LogP contribution in [0.1, 0.15) is 38.3 Å². The molecule has 3 amide bonds. The fourth-order valence-electron chi connectivity index (χ4n) is 3.78. The van der Waals surface area contributed by atoms with Crippen molar-refractivity contribution in [2.75, 3.05) is 19.8 Å². The minimum Gasteiger partial charge on any atom is -0.484 e. The first-order valence-electron chi connectivity index (χ1n) is 13.5. The molecule has 0 radical (unpaired) electrons. The molecule has 2 aromatic rings. The smallest absolute Gasteiger partial charge is 0.403 e. The molecule has 42 heavy (non-hydrogen) atoms. The lowest BCUT2D eigenvalue weighted by atomic mass is 9.98. The SMILES string of the molecule is CCOP(=O)(O)N[C@H](C(=O)N[C@@H](Cc1ccc(OCC(=O)NCc2ccccc2)cc1)C(=O)NCC(=O)O)[C@@H](C)CC. The van der Waals surface area contributed by atoms with Crippen molar-refractivity contribution in [3.63, 3.8) is 0 Å². The molecule has 0 bridgehead atoms. The Hall–Kier alpha value is -3.77. The van der Waals surface area contributed by atoms with Crippen LogP contribution in [0.3, 0.4) is 0 Å². The summed E-state index contributed by atoms with van der Waals surface area (Å²) in [5, 5.41) is 18.9. The van der Waals surface area contributed by atoms with E-state index in [1.54, 1.807) is 38.1 Å². The lowest BCUT2D eigenvalue weighted by Crippen LogP contribution is -2.55. The Bertz CT molecular complexity index is 1230. The molecule has 0 aromatic heterocycles. The molecule has 14 heteroatoms. The summed E-state index contributed by atoms with van der Waals surface area (Å²) in [5.41, 5.74) is 1.55. The van der Waals surface area contributed by atoms with Crippen molar-refractivity contribution in [1.82, 2.24) is 21.0 Å². The van der Waals surface area contributed by atoms with Crippen molar-refractivity contribution in [2.24, 2.45) is 5.92 Å². The normalized spacial score (nSPS) is 14.5. The average molecular weight is 607 g/mol. The number of amides is 3. The molecular weight excluding hydrogens is 567 g/mol. The summed E-state index contributed by atoms with van der Waals surface area (Å²) in [7, 11) is -4.30. The second-order valence-electron chi connectivity index (χ2n) is 9.50. The number of carboxylic acids is 1. The van der Waals surface area contributed by atoms with Crippen molar-refractivity contribution >= 4 is 31.4 Å². The zero-order chi connectivity index (χ0) is 31.1.